The van der Waals surface area contributed by atoms with Gasteiger partial charge < -0.3 is 10.6 Å². The topological polar surface area (TPSA) is 72.3 Å². The third-order valence-corrected chi connectivity index (χ3v) is 4.02. The number of hydrogen-bond donors (Lipinski definition) is 1. The van der Waals surface area contributed by atoms with Crippen LogP contribution in [0, 0.1) is 6.92 Å². The quantitative estimate of drug-likeness (QED) is 0.895. The van der Waals surface area contributed by atoms with Gasteiger partial charge in [0.2, 0.25) is 0 Å². The summed E-state index contributed by atoms with van der Waals surface area (Å²) in [4.78, 5) is 11.1. The van der Waals surface area contributed by atoms with Crippen LogP contribution in [0.3, 0.4) is 0 Å². The van der Waals surface area contributed by atoms with Crippen molar-refractivity contribution < 1.29 is 0 Å². The highest BCUT2D eigenvalue weighted by Crippen LogP contribution is 2.28. The van der Waals surface area contributed by atoms with Crippen molar-refractivity contribution in [1.29, 1.82) is 0 Å². The predicted octanol–water partition coefficient (Wildman–Crippen LogP) is 1.53. The Hall–Kier alpha value is -1.69. The summed E-state index contributed by atoms with van der Waals surface area (Å²) in [5, 5.41) is 4.33. The van der Waals surface area contributed by atoms with Crippen LogP contribution in [0.1, 0.15) is 37.8 Å². The van der Waals surface area contributed by atoms with Crippen molar-refractivity contribution in [2.24, 2.45) is 5.73 Å². The third-order valence-electron chi connectivity index (χ3n) is 4.02. The zero-order chi connectivity index (χ0) is 13.9. The molecule has 1 aliphatic carbocycles. The van der Waals surface area contributed by atoms with E-state index in [9.17, 15) is 0 Å². The lowest BCUT2D eigenvalue weighted by atomic mass is 10.2. The van der Waals surface area contributed by atoms with Gasteiger partial charge in [0.1, 0.15) is 12.1 Å². The molecule has 2 aromatic heterocycles. The van der Waals surface area contributed by atoms with Crippen molar-refractivity contribution in [3.8, 4) is 0 Å². The molecule has 2 aromatic rings. The first kappa shape index (κ1) is 13.3. The Balaban J connectivity index is 2.00. The number of fused-ring (bicyclic) bond motifs is 1. The molecule has 2 N–H and O–H groups in total. The first-order valence-corrected chi connectivity index (χ1v) is 7.43. The minimum absolute atomic E-state index is 0.593. The van der Waals surface area contributed by atoms with Crippen LogP contribution in [0.5, 0.6) is 0 Å². The monoisotopic (exact) mass is 274 g/mol. The lowest BCUT2D eigenvalue weighted by molar-refractivity contribution is 0.579. The van der Waals surface area contributed by atoms with Crippen LogP contribution in [0.25, 0.3) is 5.78 Å². The summed E-state index contributed by atoms with van der Waals surface area (Å²) in [6, 6.07) is 2.70. The Morgan fingerprint density at radius 1 is 1.40 bits per heavy atom. The maximum Gasteiger partial charge on any atom is 0.254 e. The van der Waals surface area contributed by atoms with E-state index < -0.39 is 0 Å². The molecule has 0 aliphatic heterocycles. The minimum atomic E-state index is 0.593. The van der Waals surface area contributed by atoms with Gasteiger partial charge in [0, 0.05) is 24.3 Å². The molecule has 3 rings (SSSR count). The fourth-order valence-corrected chi connectivity index (χ4v) is 3.08. The lowest BCUT2D eigenvalue weighted by Gasteiger charge is -2.31. The number of aryl methyl sites for hydroxylation is 1. The van der Waals surface area contributed by atoms with Gasteiger partial charge in [-0.2, -0.15) is 14.6 Å². The Kier molecular flexibility index (Phi) is 3.82. The molecule has 0 radical (unpaired) electrons. The molecule has 0 atom stereocenters. The van der Waals surface area contributed by atoms with E-state index >= 15 is 0 Å². The fourth-order valence-electron chi connectivity index (χ4n) is 3.08. The summed E-state index contributed by atoms with van der Waals surface area (Å²) in [5.74, 6) is 1.78. The van der Waals surface area contributed by atoms with Gasteiger partial charge in [0.05, 0.1) is 0 Å². The number of hydrogen-bond acceptors (Lipinski definition) is 5. The van der Waals surface area contributed by atoms with Crippen LogP contribution in [0.2, 0.25) is 0 Å². The number of anilines is 1. The molecule has 1 fully saturated rings. The van der Waals surface area contributed by atoms with Crippen LogP contribution in [-0.2, 0) is 0 Å². The standard InChI is InChI=1S/C14H22N6/c1-11-9-13(20-14(18-11)16-10-17-20)19(8-4-7-15)12-5-2-3-6-12/h9-10,12H,2-8,15H2,1H3. The summed E-state index contributed by atoms with van der Waals surface area (Å²) in [5.41, 5.74) is 6.68. The first-order chi connectivity index (χ1) is 9.79. The van der Waals surface area contributed by atoms with E-state index in [1.165, 1.54) is 25.7 Å². The van der Waals surface area contributed by atoms with Gasteiger partial charge in [-0.3, -0.25) is 0 Å². The van der Waals surface area contributed by atoms with Crippen molar-refractivity contribution in [1.82, 2.24) is 19.6 Å². The number of rotatable bonds is 5. The van der Waals surface area contributed by atoms with Crippen LogP contribution >= 0.6 is 0 Å². The van der Waals surface area contributed by atoms with Gasteiger partial charge in [-0.25, -0.2) is 4.98 Å². The van der Waals surface area contributed by atoms with Crippen molar-refractivity contribution in [3.05, 3.63) is 18.1 Å². The average molecular weight is 274 g/mol. The van der Waals surface area contributed by atoms with Gasteiger partial charge in [-0.05, 0) is 32.7 Å². The van der Waals surface area contributed by atoms with Gasteiger partial charge in [0.25, 0.3) is 5.78 Å². The van der Waals surface area contributed by atoms with E-state index in [0.717, 1.165) is 24.5 Å². The minimum Gasteiger partial charge on any atom is -0.353 e. The summed E-state index contributed by atoms with van der Waals surface area (Å²) in [6.45, 7) is 3.70. The molecular weight excluding hydrogens is 252 g/mol. The summed E-state index contributed by atoms with van der Waals surface area (Å²) in [7, 11) is 0. The first-order valence-electron chi connectivity index (χ1n) is 7.43. The van der Waals surface area contributed by atoms with Gasteiger partial charge in [-0.15, -0.1) is 0 Å². The summed E-state index contributed by atoms with van der Waals surface area (Å²) < 4.78 is 1.85. The van der Waals surface area contributed by atoms with E-state index in [0.29, 0.717) is 18.4 Å². The molecule has 0 unspecified atom stereocenters. The lowest BCUT2D eigenvalue weighted by Crippen LogP contribution is -2.36. The van der Waals surface area contributed by atoms with E-state index in [1.54, 1.807) is 6.33 Å². The summed E-state index contributed by atoms with van der Waals surface area (Å²) >= 11 is 0. The maximum atomic E-state index is 5.70. The van der Waals surface area contributed by atoms with E-state index in [-0.39, 0.29) is 0 Å². The smallest absolute Gasteiger partial charge is 0.254 e. The Morgan fingerprint density at radius 3 is 2.95 bits per heavy atom. The van der Waals surface area contributed by atoms with Crippen molar-refractivity contribution >= 4 is 11.6 Å². The SMILES string of the molecule is Cc1cc(N(CCCN)C2CCCC2)n2ncnc2n1. The predicted molar refractivity (Wildman–Crippen MR) is 78.8 cm³/mol. The molecule has 6 heteroatoms. The maximum absolute atomic E-state index is 5.70. The highest BCUT2D eigenvalue weighted by atomic mass is 15.4. The van der Waals surface area contributed by atoms with Gasteiger partial charge in [0.15, 0.2) is 0 Å². The largest absolute Gasteiger partial charge is 0.353 e. The highest BCUT2D eigenvalue weighted by Gasteiger charge is 2.24. The molecule has 20 heavy (non-hydrogen) atoms. The molecule has 108 valence electrons. The van der Waals surface area contributed by atoms with E-state index in [4.69, 9.17) is 5.73 Å². The van der Waals surface area contributed by atoms with E-state index in [2.05, 4.69) is 26.0 Å². The van der Waals surface area contributed by atoms with Gasteiger partial charge >= 0.3 is 0 Å². The van der Waals surface area contributed by atoms with Crippen LogP contribution in [0.15, 0.2) is 12.4 Å². The molecular formula is C14H22N6. The second-order valence-corrected chi connectivity index (χ2v) is 5.50. The molecule has 0 bridgehead atoms. The van der Waals surface area contributed by atoms with Crippen LogP contribution in [0.4, 0.5) is 5.82 Å². The van der Waals surface area contributed by atoms with Crippen LogP contribution < -0.4 is 10.6 Å². The molecule has 6 nitrogen and oxygen atoms in total. The molecule has 0 aromatic carbocycles. The van der Waals surface area contributed by atoms with Gasteiger partial charge in [-0.1, -0.05) is 12.8 Å². The second-order valence-electron chi connectivity index (χ2n) is 5.50. The molecule has 1 saturated carbocycles. The number of aromatic nitrogens is 4. The fraction of sp³-hybridized carbons (Fsp3) is 0.643. The Labute approximate surface area is 119 Å². The Morgan fingerprint density at radius 2 is 2.20 bits per heavy atom. The molecule has 0 spiro atoms. The number of nitrogens with zero attached hydrogens (tertiary/aromatic N) is 5. The zero-order valence-electron chi connectivity index (χ0n) is 12.0. The summed E-state index contributed by atoms with van der Waals surface area (Å²) in [6.07, 6.45) is 7.70. The molecule has 0 amide bonds. The average Bonchev–Trinajstić information content (AvgIpc) is 3.09. The van der Waals surface area contributed by atoms with Crippen molar-refractivity contribution in [2.45, 2.75) is 45.1 Å². The highest BCUT2D eigenvalue weighted by molar-refractivity contribution is 5.48. The molecule has 2 heterocycles. The zero-order valence-corrected chi connectivity index (χ0v) is 12.0. The normalized spacial score (nSPS) is 16.1. The third kappa shape index (κ3) is 2.47. The Bertz CT molecular complexity index is 572. The second kappa shape index (κ2) is 5.75. The van der Waals surface area contributed by atoms with Crippen molar-refractivity contribution in [3.63, 3.8) is 0 Å². The molecule has 0 saturated heterocycles. The van der Waals surface area contributed by atoms with Crippen molar-refractivity contribution in [2.75, 3.05) is 18.0 Å². The van der Waals surface area contributed by atoms with Crippen LogP contribution in [-0.4, -0.2) is 38.7 Å². The molecule has 1 aliphatic rings. The number of nitrogens with two attached hydrogens (primary N) is 1. The van der Waals surface area contributed by atoms with E-state index in [1.807, 2.05) is 11.4 Å².